The summed E-state index contributed by atoms with van der Waals surface area (Å²) in [6, 6.07) is 9.25. The number of likely N-dealkylation sites (N-methyl/N-ethyl adjacent to an activating group) is 1. The molecule has 2 aliphatic rings. The van der Waals surface area contributed by atoms with Crippen LogP contribution >= 0.6 is 0 Å². The molecule has 2 unspecified atom stereocenters. The molecular formula is C17H26N2O. The number of ether oxygens (including phenoxy) is 1. The molecule has 2 atom stereocenters. The Labute approximate surface area is 122 Å². The van der Waals surface area contributed by atoms with Gasteiger partial charge in [-0.15, -0.1) is 0 Å². The second-order valence-corrected chi connectivity index (χ2v) is 6.03. The van der Waals surface area contributed by atoms with Gasteiger partial charge >= 0.3 is 0 Å². The molecule has 3 nitrogen and oxygen atoms in total. The van der Waals surface area contributed by atoms with Gasteiger partial charge in [-0.3, -0.25) is 0 Å². The summed E-state index contributed by atoms with van der Waals surface area (Å²) in [6.07, 6.45) is 3.80. The lowest BCUT2D eigenvalue weighted by atomic mass is 9.91. The molecule has 1 saturated heterocycles. The average molecular weight is 274 g/mol. The topological polar surface area (TPSA) is 24.5 Å². The lowest BCUT2D eigenvalue weighted by Gasteiger charge is -2.36. The zero-order valence-electron chi connectivity index (χ0n) is 12.5. The van der Waals surface area contributed by atoms with E-state index in [-0.39, 0.29) is 0 Å². The Kier molecular flexibility index (Phi) is 4.58. The van der Waals surface area contributed by atoms with E-state index in [1.807, 2.05) is 0 Å². The molecule has 0 aliphatic carbocycles. The molecule has 3 rings (SSSR count). The van der Waals surface area contributed by atoms with Crippen molar-refractivity contribution in [2.45, 2.75) is 38.1 Å². The highest BCUT2D eigenvalue weighted by Gasteiger charge is 2.26. The van der Waals surface area contributed by atoms with Crippen molar-refractivity contribution in [3.8, 4) is 5.75 Å². The maximum atomic E-state index is 5.77. The Morgan fingerprint density at radius 2 is 2.20 bits per heavy atom. The first-order chi connectivity index (χ1) is 9.86. The highest BCUT2D eigenvalue weighted by atomic mass is 16.5. The minimum Gasteiger partial charge on any atom is -0.493 e. The Hall–Kier alpha value is -1.06. The van der Waals surface area contributed by atoms with Crippen LogP contribution in [0.2, 0.25) is 0 Å². The number of fused-ring (bicyclic) bond motifs is 1. The van der Waals surface area contributed by atoms with Crippen LogP contribution in [0.3, 0.4) is 0 Å². The molecule has 0 amide bonds. The fourth-order valence-corrected chi connectivity index (χ4v) is 3.59. The van der Waals surface area contributed by atoms with Gasteiger partial charge in [-0.1, -0.05) is 25.1 Å². The number of hydrogen-bond acceptors (Lipinski definition) is 3. The van der Waals surface area contributed by atoms with E-state index in [1.54, 1.807) is 0 Å². The van der Waals surface area contributed by atoms with E-state index in [1.165, 1.54) is 38.0 Å². The minimum atomic E-state index is 0.639. The van der Waals surface area contributed by atoms with E-state index in [2.05, 4.69) is 41.4 Å². The SMILES string of the molecule is CCNC1CCCN(CC2CCOc3ccccc32)C1. The van der Waals surface area contributed by atoms with Crippen LogP contribution in [0.5, 0.6) is 5.75 Å². The normalized spacial score (nSPS) is 26.9. The molecule has 0 radical (unpaired) electrons. The standard InChI is InChI=1S/C17H26N2O/c1-2-18-15-6-5-10-19(13-15)12-14-9-11-20-17-8-4-3-7-16(14)17/h3-4,7-8,14-15,18H,2,5-6,9-13H2,1H3. The van der Waals surface area contributed by atoms with Crippen LogP contribution in [-0.2, 0) is 0 Å². The maximum Gasteiger partial charge on any atom is 0.122 e. The van der Waals surface area contributed by atoms with Crippen LogP contribution in [-0.4, -0.2) is 43.7 Å². The van der Waals surface area contributed by atoms with Crippen LogP contribution in [0.25, 0.3) is 0 Å². The average Bonchev–Trinajstić information content (AvgIpc) is 2.48. The molecule has 2 heterocycles. The Balaban J connectivity index is 1.63. The summed E-state index contributed by atoms with van der Waals surface area (Å²) >= 11 is 0. The van der Waals surface area contributed by atoms with Crippen molar-refractivity contribution in [3.05, 3.63) is 29.8 Å². The van der Waals surface area contributed by atoms with E-state index in [4.69, 9.17) is 4.74 Å². The van der Waals surface area contributed by atoms with E-state index in [0.29, 0.717) is 12.0 Å². The minimum absolute atomic E-state index is 0.639. The summed E-state index contributed by atoms with van der Waals surface area (Å²) in [5.41, 5.74) is 1.41. The highest BCUT2D eigenvalue weighted by Crippen LogP contribution is 2.34. The molecule has 1 aromatic rings. The summed E-state index contributed by atoms with van der Waals surface area (Å²) < 4.78 is 5.77. The molecule has 3 heteroatoms. The van der Waals surface area contributed by atoms with Gasteiger partial charge in [0.2, 0.25) is 0 Å². The van der Waals surface area contributed by atoms with Crippen LogP contribution in [0.4, 0.5) is 0 Å². The Morgan fingerprint density at radius 3 is 3.10 bits per heavy atom. The van der Waals surface area contributed by atoms with Crippen LogP contribution < -0.4 is 10.1 Å². The third kappa shape index (κ3) is 3.15. The summed E-state index contributed by atoms with van der Waals surface area (Å²) in [5, 5.41) is 3.60. The van der Waals surface area contributed by atoms with Crippen molar-refractivity contribution in [2.75, 3.05) is 32.8 Å². The van der Waals surface area contributed by atoms with Crippen LogP contribution in [0.1, 0.15) is 37.7 Å². The quantitative estimate of drug-likeness (QED) is 0.913. The summed E-state index contributed by atoms with van der Waals surface area (Å²) in [5.74, 6) is 1.74. The first-order valence-corrected chi connectivity index (χ1v) is 8.04. The summed E-state index contributed by atoms with van der Waals surface area (Å²) in [6.45, 7) is 7.79. The zero-order valence-corrected chi connectivity index (χ0v) is 12.5. The summed E-state index contributed by atoms with van der Waals surface area (Å²) in [7, 11) is 0. The first-order valence-electron chi connectivity index (χ1n) is 8.04. The fourth-order valence-electron chi connectivity index (χ4n) is 3.59. The van der Waals surface area contributed by atoms with Crippen molar-refractivity contribution in [1.82, 2.24) is 10.2 Å². The van der Waals surface area contributed by atoms with Crippen molar-refractivity contribution in [2.24, 2.45) is 0 Å². The molecule has 1 N–H and O–H groups in total. The number of nitrogens with one attached hydrogen (secondary N) is 1. The number of para-hydroxylation sites is 1. The highest BCUT2D eigenvalue weighted by molar-refractivity contribution is 5.37. The Morgan fingerprint density at radius 1 is 1.30 bits per heavy atom. The predicted octanol–water partition coefficient (Wildman–Crippen LogP) is 2.63. The number of piperidine rings is 1. The lowest BCUT2D eigenvalue weighted by Crippen LogP contribution is -2.47. The van der Waals surface area contributed by atoms with E-state index in [9.17, 15) is 0 Å². The number of rotatable bonds is 4. The molecule has 2 aliphatic heterocycles. The van der Waals surface area contributed by atoms with Crippen molar-refractivity contribution < 1.29 is 4.74 Å². The van der Waals surface area contributed by atoms with Crippen LogP contribution in [0.15, 0.2) is 24.3 Å². The number of nitrogens with zero attached hydrogens (tertiary/aromatic N) is 1. The van der Waals surface area contributed by atoms with Gasteiger partial charge in [0.05, 0.1) is 6.61 Å². The van der Waals surface area contributed by atoms with Crippen molar-refractivity contribution in [3.63, 3.8) is 0 Å². The van der Waals surface area contributed by atoms with E-state index in [0.717, 1.165) is 25.3 Å². The van der Waals surface area contributed by atoms with Gasteiger partial charge < -0.3 is 15.0 Å². The molecule has 0 spiro atoms. The molecule has 0 bridgehead atoms. The third-order valence-corrected chi connectivity index (χ3v) is 4.56. The summed E-state index contributed by atoms with van der Waals surface area (Å²) in [4.78, 5) is 2.64. The second-order valence-electron chi connectivity index (χ2n) is 6.03. The molecule has 0 saturated carbocycles. The van der Waals surface area contributed by atoms with Gasteiger partial charge in [0.15, 0.2) is 0 Å². The second kappa shape index (κ2) is 6.59. The molecule has 20 heavy (non-hydrogen) atoms. The molecule has 1 fully saturated rings. The largest absolute Gasteiger partial charge is 0.493 e. The molecular weight excluding hydrogens is 248 g/mol. The Bertz CT molecular complexity index is 433. The van der Waals surface area contributed by atoms with Crippen molar-refractivity contribution >= 4 is 0 Å². The number of benzene rings is 1. The van der Waals surface area contributed by atoms with Gasteiger partial charge in [0.25, 0.3) is 0 Å². The zero-order chi connectivity index (χ0) is 13.8. The lowest BCUT2D eigenvalue weighted by molar-refractivity contribution is 0.165. The number of hydrogen-bond donors (Lipinski definition) is 1. The van der Waals surface area contributed by atoms with E-state index < -0.39 is 0 Å². The van der Waals surface area contributed by atoms with Crippen molar-refractivity contribution in [1.29, 1.82) is 0 Å². The molecule has 0 aromatic heterocycles. The van der Waals surface area contributed by atoms with Gasteiger partial charge in [0.1, 0.15) is 5.75 Å². The predicted molar refractivity (Wildman–Crippen MR) is 82.4 cm³/mol. The van der Waals surface area contributed by atoms with Gasteiger partial charge in [-0.05, 0) is 44.0 Å². The molecule has 1 aromatic carbocycles. The number of likely N-dealkylation sites (tertiary alicyclic amines) is 1. The van der Waals surface area contributed by atoms with Gasteiger partial charge in [-0.25, -0.2) is 0 Å². The van der Waals surface area contributed by atoms with Gasteiger partial charge in [-0.2, -0.15) is 0 Å². The first kappa shape index (κ1) is 13.9. The van der Waals surface area contributed by atoms with E-state index >= 15 is 0 Å². The smallest absolute Gasteiger partial charge is 0.122 e. The third-order valence-electron chi connectivity index (χ3n) is 4.56. The van der Waals surface area contributed by atoms with Gasteiger partial charge in [0, 0.05) is 25.0 Å². The maximum absolute atomic E-state index is 5.77. The fraction of sp³-hybridized carbons (Fsp3) is 0.647. The van der Waals surface area contributed by atoms with Crippen LogP contribution in [0, 0.1) is 0 Å². The molecule has 110 valence electrons. The monoisotopic (exact) mass is 274 g/mol.